The van der Waals surface area contributed by atoms with Gasteiger partial charge in [-0.3, -0.25) is 14.4 Å². The highest BCUT2D eigenvalue weighted by molar-refractivity contribution is 7.10. The summed E-state index contributed by atoms with van der Waals surface area (Å²) in [6, 6.07) is 18.4. The number of aliphatic carboxylic acids is 1. The van der Waals surface area contributed by atoms with Crippen LogP contribution in [0.5, 0.6) is 0 Å². The Morgan fingerprint density at radius 2 is 1.89 bits per heavy atom. The van der Waals surface area contributed by atoms with E-state index in [0.717, 1.165) is 15.8 Å². The number of H-pyrrole nitrogens is 1. The smallest absolute Gasteiger partial charge is 0.303 e. The van der Waals surface area contributed by atoms with Gasteiger partial charge in [-0.2, -0.15) is 5.10 Å². The fourth-order valence-corrected chi connectivity index (χ4v) is 5.53. The second kappa shape index (κ2) is 10.1. The number of fused-ring (bicyclic) bond motifs is 1. The zero-order valence-electron chi connectivity index (χ0n) is 19.1. The first-order chi connectivity index (χ1) is 17.4. The maximum Gasteiger partial charge on any atom is 0.303 e. The number of hydrogen-bond acceptors (Lipinski definition) is 5. The van der Waals surface area contributed by atoms with Crippen molar-refractivity contribution >= 4 is 51.4 Å². The molecule has 36 heavy (non-hydrogen) atoms. The van der Waals surface area contributed by atoms with Crippen molar-refractivity contribution in [2.45, 2.75) is 31.7 Å². The molecule has 4 aromatic rings. The van der Waals surface area contributed by atoms with Gasteiger partial charge in [-0.1, -0.05) is 48.0 Å². The number of carboxylic acid groups (broad SMARTS) is 1. The van der Waals surface area contributed by atoms with Crippen LogP contribution in [0.2, 0.25) is 5.02 Å². The molecular formula is C27H22ClN3O4S. The molecule has 0 spiro atoms. The molecular weight excluding hydrogens is 498 g/mol. The molecule has 2 N–H and O–H groups in total. The van der Waals surface area contributed by atoms with E-state index in [9.17, 15) is 14.4 Å². The topological polar surface area (TPSA) is 103 Å². The summed E-state index contributed by atoms with van der Waals surface area (Å²) in [7, 11) is 0. The van der Waals surface area contributed by atoms with Crippen LogP contribution in [-0.4, -0.2) is 32.7 Å². The molecule has 0 fully saturated rings. The van der Waals surface area contributed by atoms with Crippen LogP contribution in [-0.2, 0) is 9.59 Å². The third-order valence-electron chi connectivity index (χ3n) is 6.15. The Kier molecular flexibility index (Phi) is 6.71. The molecule has 2 aromatic carbocycles. The number of carboxylic acids is 1. The van der Waals surface area contributed by atoms with Gasteiger partial charge in [-0.15, -0.1) is 11.3 Å². The molecule has 2 aromatic heterocycles. The van der Waals surface area contributed by atoms with Gasteiger partial charge >= 0.3 is 5.97 Å². The first-order valence-corrected chi connectivity index (χ1v) is 12.7. The van der Waals surface area contributed by atoms with E-state index in [-0.39, 0.29) is 36.8 Å². The number of rotatable bonds is 7. The minimum Gasteiger partial charge on any atom is -0.481 e. The van der Waals surface area contributed by atoms with Crippen molar-refractivity contribution in [2.75, 3.05) is 0 Å². The maximum atomic E-state index is 13.5. The van der Waals surface area contributed by atoms with Gasteiger partial charge in [0.05, 0.1) is 17.3 Å². The van der Waals surface area contributed by atoms with Gasteiger partial charge in [0.2, 0.25) is 5.91 Å². The Morgan fingerprint density at radius 1 is 1.08 bits per heavy atom. The van der Waals surface area contributed by atoms with Gasteiger partial charge in [0, 0.05) is 45.6 Å². The van der Waals surface area contributed by atoms with Crippen LogP contribution in [0.1, 0.15) is 42.2 Å². The summed E-state index contributed by atoms with van der Waals surface area (Å²) in [4.78, 5) is 41.4. The number of amides is 1. The maximum absolute atomic E-state index is 13.5. The molecule has 9 heteroatoms. The Bertz CT molecular complexity index is 1530. The summed E-state index contributed by atoms with van der Waals surface area (Å²) >= 11 is 7.85. The van der Waals surface area contributed by atoms with E-state index in [2.05, 4.69) is 10.1 Å². The molecule has 0 bridgehead atoms. The van der Waals surface area contributed by atoms with Crippen LogP contribution in [0.3, 0.4) is 0 Å². The predicted octanol–water partition coefficient (Wildman–Crippen LogP) is 5.84. The average molecular weight is 520 g/mol. The number of aromatic amines is 1. The summed E-state index contributed by atoms with van der Waals surface area (Å²) in [5.41, 5.74) is 2.81. The summed E-state index contributed by atoms with van der Waals surface area (Å²) in [5.74, 6) is -1.22. The number of hydrogen-bond donors (Lipinski definition) is 2. The third kappa shape index (κ3) is 4.69. The third-order valence-corrected chi connectivity index (χ3v) is 7.35. The number of nitrogens with zero attached hydrogens (tertiary/aromatic N) is 2. The van der Waals surface area contributed by atoms with E-state index < -0.39 is 5.97 Å². The molecule has 5 rings (SSSR count). The molecule has 3 heterocycles. The molecule has 7 nitrogen and oxygen atoms in total. The van der Waals surface area contributed by atoms with Gasteiger partial charge in [0.15, 0.2) is 0 Å². The van der Waals surface area contributed by atoms with Crippen LogP contribution < -0.4 is 5.56 Å². The molecule has 1 aliphatic rings. The quantitative estimate of drug-likeness (QED) is 0.320. The van der Waals surface area contributed by atoms with Gasteiger partial charge in [-0.25, -0.2) is 5.01 Å². The van der Waals surface area contributed by atoms with E-state index in [4.69, 9.17) is 16.7 Å². The fraction of sp³-hybridized carbons (Fsp3) is 0.185. The van der Waals surface area contributed by atoms with Gasteiger partial charge < -0.3 is 10.1 Å². The Morgan fingerprint density at radius 3 is 2.61 bits per heavy atom. The van der Waals surface area contributed by atoms with E-state index in [0.29, 0.717) is 33.8 Å². The van der Waals surface area contributed by atoms with Crippen LogP contribution in [0.15, 0.2) is 75.9 Å². The molecule has 1 atom stereocenters. The lowest BCUT2D eigenvalue weighted by Gasteiger charge is -2.20. The number of halogens is 1. The van der Waals surface area contributed by atoms with Crippen molar-refractivity contribution in [1.29, 1.82) is 0 Å². The van der Waals surface area contributed by atoms with Gasteiger partial charge in [-0.05, 0) is 41.6 Å². The van der Waals surface area contributed by atoms with E-state index in [1.54, 1.807) is 12.1 Å². The fourth-order valence-electron chi connectivity index (χ4n) is 4.54. The first-order valence-electron chi connectivity index (χ1n) is 11.5. The zero-order valence-corrected chi connectivity index (χ0v) is 20.7. The van der Waals surface area contributed by atoms with E-state index in [1.165, 1.54) is 16.3 Å². The monoisotopic (exact) mass is 519 g/mol. The zero-order chi connectivity index (χ0) is 25.2. The number of carbonyl (C=O) groups is 2. The normalized spacial score (nSPS) is 15.3. The summed E-state index contributed by atoms with van der Waals surface area (Å²) < 4.78 is 0. The SMILES string of the molecule is O=C(O)CCCC(=O)N1N=C(c2c(-c3ccccc3)c3cc(Cl)ccc3[nH]c2=O)CC1c1cccs1. The predicted molar refractivity (Wildman–Crippen MR) is 142 cm³/mol. The molecule has 182 valence electrons. The van der Waals surface area contributed by atoms with Crippen LogP contribution >= 0.6 is 22.9 Å². The molecule has 0 aliphatic carbocycles. The Hall–Kier alpha value is -3.75. The lowest BCUT2D eigenvalue weighted by Crippen LogP contribution is -2.26. The number of carbonyl (C=O) groups excluding carboxylic acids is 1. The Labute approximate surface area is 215 Å². The second-order valence-electron chi connectivity index (χ2n) is 8.53. The number of nitrogens with one attached hydrogen (secondary N) is 1. The first kappa shape index (κ1) is 24.0. The second-order valence-corrected chi connectivity index (χ2v) is 9.94. The molecule has 0 saturated heterocycles. The summed E-state index contributed by atoms with van der Waals surface area (Å²) in [6.45, 7) is 0. The van der Waals surface area contributed by atoms with E-state index >= 15 is 0 Å². The minimum absolute atomic E-state index is 0.0557. The number of benzene rings is 2. The van der Waals surface area contributed by atoms with Crippen molar-refractivity contribution in [1.82, 2.24) is 9.99 Å². The van der Waals surface area contributed by atoms with E-state index in [1.807, 2.05) is 53.9 Å². The molecule has 0 saturated carbocycles. The van der Waals surface area contributed by atoms with Crippen LogP contribution in [0, 0.1) is 0 Å². The highest BCUT2D eigenvalue weighted by atomic mass is 35.5. The molecule has 0 radical (unpaired) electrons. The minimum atomic E-state index is -0.947. The van der Waals surface area contributed by atoms with Crippen molar-refractivity contribution in [3.05, 3.63) is 91.9 Å². The number of hydrazone groups is 1. The largest absolute Gasteiger partial charge is 0.481 e. The summed E-state index contributed by atoms with van der Waals surface area (Å²) in [5, 5.41) is 18.3. The van der Waals surface area contributed by atoms with Crippen LogP contribution in [0.25, 0.3) is 22.0 Å². The highest BCUT2D eigenvalue weighted by Crippen LogP contribution is 2.38. The standard InChI is InChI=1S/C27H22ClN3O4S/c28-17-11-12-19-18(14-17)25(16-6-2-1-3-7-16)26(27(35)29-19)20-15-21(22-8-5-13-36-22)31(30-20)23(32)9-4-10-24(33)34/h1-3,5-8,11-14,21H,4,9-10,15H2,(H,29,35)(H,33,34). The number of pyridine rings is 1. The molecule has 1 unspecified atom stereocenters. The van der Waals surface area contributed by atoms with Gasteiger partial charge in [0.1, 0.15) is 0 Å². The number of aromatic nitrogens is 1. The van der Waals surface area contributed by atoms with Crippen molar-refractivity contribution in [3.8, 4) is 11.1 Å². The number of thiophene rings is 1. The lowest BCUT2D eigenvalue weighted by atomic mass is 9.92. The van der Waals surface area contributed by atoms with Crippen LogP contribution in [0.4, 0.5) is 0 Å². The molecule has 1 amide bonds. The van der Waals surface area contributed by atoms with Gasteiger partial charge in [0.25, 0.3) is 5.56 Å². The van der Waals surface area contributed by atoms with Crippen molar-refractivity contribution in [3.63, 3.8) is 0 Å². The van der Waals surface area contributed by atoms with Crippen molar-refractivity contribution in [2.24, 2.45) is 5.10 Å². The average Bonchev–Trinajstić information content (AvgIpc) is 3.54. The lowest BCUT2D eigenvalue weighted by molar-refractivity contribution is -0.137. The Balaban J connectivity index is 1.65. The highest BCUT2D eigenvalue weighted by Gasteiger charge is 2.35. The van der Waals surface area contributed by atoms with Crippen molar-refractivity contribution < 1.29 is 14.7 Å². The molecule has 1 aliphatic heterocycles. The summed E-state index contributed by atoms with van der Waals surface area (Å²) in [6.07, 6.45) is 0.542.